The summed E-state index contributed by atoms with van der Waals surface area (Å²) in [6, 6.07) is 13.1. The van der Waals surface area contributed by atoms with Gasteiger partial charge in [-0.2, -0.15) is 0 Å². The van der Waals surface area contributed by atoms with Crippen LogP contribution in [0.1, 0.15) is 25.3 Å². The normalized spacial score (nSPS) is 11.2. The fraction of sp³-hybridized carbons (Fsp3) is 0.211. The van der Waals surface area contributed by atoms with E-state index in [9.17, 15) is 10.1 Å². The molecule has 3 aromatic rings. The van der Waals surface area contributed by atoms with Crippen LogP contribution in [0, 0.1) is 10.1 Å². The fourth-order valence-electron chi connectivity index (χ4n) is 2.86. The first kappa shape index (κ1) is 17.7. The highest BCUT2D eigenvalue weighted by atomic mass is 35.5. The van der Waals surface area contributed by atoms with Gasteiger partial charge in [0.25, 0.3) is 0 Å². The smallest absolute Gasteiger partial charge is 0.258 e. The van der Waals surface area contributed by atoms with E-state index in [0.29, 0.717) is 27.1 Å². The third kappa shape index (κ3) is 3.22. The Morgan fingerprint density at radius 1 is 1.20 bits per heavy atom. The summed E-state index contributed by atoms with van der Waals surface area (Å²) in [7, 11) is 0. The van der Waals surface area contributed by atoms with Crippen molar-refractivity contribution >= 4 is 40.0 Å². The maximum atomic E-state index is 11.9. The Balaban J connectivity index is 2.51. The van der Waals surface area contributed by atoms with Crippen molar-refractivity contribution in [3.63, 3.8) is 0 Å². The molecule has 1 heterocycles. The Hall–Kier alpha value is -2.11. The van der Waals surface area contributed by atoms with E-state index in [-0.39, 0.29) is 10.6 Å². The van der Waals surface area contributed by atoms with Crippen molar-refractivity contribution < 1.29 is 4.92 Å². The van der Waals surface area contributed by atoms with E-state index in [4.69, 9.17) is 11.6 Å². The molecule has 0 radical (unpaired) electrons. The maximum absolute atomic E-state index is 11.9. The lowest BCUT2D eigenvalue weighted by Gasteiger charge is -2.14. The van der Waals surface area contributed by atoms with Crippen LogP contribution in [0.3, 0.4) is 0 Å². The average Bonchev–Trinajstić information content (AvgIpc) is 2.59. The topological polar surface area (TPSA) is 56.0 Å². The molecule has 0 unspecified atom stereocenters. The van der Waals surface area contributed by atoms with Crippen LogP contribution < -0.4 is 0 Å². The molecule has 1 aromatic heterocycles. The second kappa shape index (κ2) is 7.02. The van der Waals surface area contributed by atoms with Crippen LogP contribution >= 0.6 is 23.4 Å². The zero-order chi connectivity index (χ0) is 18.1. The summed E-state index contributed by atoms with van der Waals surface area (Å²) < 4.78 is 0. The molecule has 128 valence electrons. The molecule has 2 aromatic carbocycles. The fourth-order valence-corrected chi connectivity index (χ4v) is 3.65. The molecule has 25 heavy (non-hydrogen) atoms. The Morgan fingerprint density at radius 3 is 2.52 bits per heavy atom. The Labute approximate surface area is 155 Å². The molecular formula is C19H17ClN2O2S. The molecule has 0 saturated carbocycles. The van der Waals surface area contributed by atoms with Crippen molar-refractivity contribution in [2.45, 2.75) is 24.8 Å². The SMILES string of the molecule is CSc1nc2ccc(C(C)C)cc2c(-c2ccccc2Cl)c1[N+](=O)[O-]. The lowest BCUT2D eigenvalue weighted by molar-refractivity contribution is -0.387. The van der Waals surface area contributed by atoms with E-state index in [1.807, 2.05) is 36.4 Å². The van der Waals surface area contributed by atoms with E-state index in [1.165, 1.54) is 11.8 Å². The average molecular weight is 373 g/mol. The summed E-state index contributed by atoms with van der Waals surface area (Å²) in [6.07, 6.45) is 1.79. The molecule has 0 aliphatic heterocycles. The Kier molecular flexibility index (Phi) is 4.97. The Morgan fingerprint density at radius 2 is 1.92 bits per heavy atom. The van der Waals surface area contributed by atoms with Gasteiger partial charge in [-0.05, 0) is 35.9 Å². The number of aromatic nitrogens is 1. The number of benzene rings is 2. The van der Waals surface area contributed by atoms with Gasteiger partial charge in [-0.15, -0.1) is 11.8 Å². The number of rotatable bonds is 4. The number of fused-ring (bicyclic) bond motifs is 1. The van der Waals surface area contributed by atoms with Gasteiger partial charge >= 0.3 is 5.69 Å². The number of hydrogen-bond donors (Lipinski definition) is 0. The summed E-state index contributed by atoms with van der Waals surface area (Å²) >= 11 is 7.65. The van der Waals surface area contributed by atoms with Crippen molar-refractivity contribution in [3.05, 3.63) is 63.2 Å². The van der Waals surface area contributed by atoms with Crippen LogP contribution in [0.4, 0.5) is 5.69 Å². The van der Waals surface area contributed by atoms with Gasteiger partial charge in [-0.1, -0.05) is 49.7 Å². The number of halogens is 1. The van der Waals surface area contributed by atoms with Gasteiger partial charge in [-0.3, -0.25) is 10.1 Å². The molecule has 4 nitrogen and oxygen atoms in total. The van der Waals surface area contributed by atoms with Gasteiger partial charge in [0, 0.05) is 16.0 Å². The summed E-state index contributed by atoms with van der Waals surface area (Å²) in [5.74, 6) is 0.308. The summed E-state index contributed by atoms with van der Waals surface area (Å²) in [6.45, 7) is 4.18. The monoisotopic (exact) mass is 372 g/mol. The second-order valence-corrected chi connectivity index (χ2v) is 7.22. The van der Waals surface area contributed by atoms with Gasteiger partial charge in [0.2, 0.25) is 0 Å². The number of nitro groups is 1. The first-order valence-corrected chi connectivity index (χ1v) is 9.45. The zero-order valence-corrected chi connectivity index (χ0v) is 15.7. The zero-order valence-electron chi connectivity index (χ0n) is 14.1. The molecule has 0 amide bonds. The number of hydrogen-bond acceptors (Lipinski definition) is 4. The summed E-state index contributed by atoms with van der Waals surface area (Å²) in [4.78, 5) is 16.0. The maximum Gasteiger partial charge on any atom is 0.309 e. The van der Waals surface area contributed by atoms with Crippen LogP contribution in [0.5, 0.6) is 0 Å². The molecule has 0 N–H and O–H groups in total. The second-order valence-electron chi connectivity index (χ2n) is 6.01. The highest BCUT2D eigenvalue weighted by molar-refractivity contribution is 7.98. The highest BCUT2D eigenvalue weighted by Crippen LogP contribution is 2.44. The summed E-state index contributed by atoms with van der Waals surface area (Å²) in [5.41, 5.74) is 3.03. The minimum absolute atomic E-state index is 0.00834. The van der Waals surface area contributed by atoms with Crippen LogP contribution in [-0.4, -0.2) is 16.2 Å². The van der Waals surface area contributed by atoms with Crippen molar-refractivity contribution in [2.75, 3.05) is 6.26 Å². The van der Waals surface area contributed by atoms with Crippen LogP contribution in [0.15, 0.2) is 47.5 Å². The van der Waals surface area contributed by atoms with Crippen molar-refractivity contribution in [1.29, 1.82) is 0 Å². The molecule has 0 atom stereocenters. The van der Waals surface area contributed by atoms with Crippen LogP contribution in [0.25, 0.3) is 22.0 Å². The molecule has 0 fully saturated rings. The quantitative estimate of drug-likeness (QED) is 0.306. The first-order valence-electron chi connectivity index (χ1n) is 7.85. The minimum Gasteiger partial charge on any atom is -0.258 e. The predicted molar refractivity (Wildman–Crippen MR) is 105 cm³/mol. The largest absolute Gasteiger partial charge is 0.309 e. The van der Waals surface area contributed by atoms with Gasteiger partial charge in [0.05, 0.1) is 16.0 Å². The third-order valence-corrected chi connectivity index (χ3v) is 5.14. The van der Waals surface area contributed by atoms with Gasteiger partial charge in [0.15, 0.2) is 5.03 Å². The number of pyridine rings is 1. The highest BCUT2D eigenvalue weighted by Gasteiger charge is 2.27. The van der Waals surface area contributed by atoms with E-state index in [1.54, 1.807) is 12.3 Å². The third-order valence-electron chi connectivity index (χ3n) is 4.14. The lowest BCUT2D eigenvalue weighted by atomic mass is 9.95. The van der Waals surface area contributed by atoms with Gasteiger partial charge in [-0.25, -0.2) is 4.98 Å². The molecule has 3 rings (SSSR count). The number of thioether (sulfide) groups is 1. The van der Waals surface area contributed by atoms with Crippen LogP contribution in [0.2, 0.25) is 5.02 Å². The molecule has 0 bridgehead atoms. The van der Waals surface area contributed by atoms with Crippen LogP contribution in [-0.2, 0) is 0 Å². The molecular weight excluding hydrogens is 356 g/mol. The predicted octanol–water partition coefficient (Wildman–Crippen LogP) is 6.31. The molecule has 0 spiro atoms. The Bertz CT molecular complexity index is 973. The lowest BCUT2D eigenvalue weighted by Crippen LogP contribution is -2.00. The standard InChI is InChI=1S/C19H17ClN2O2S/c1-11(2)12-8-9-16-14(10-12)17(13-6-4-5-7-15(13)20)18(22(23)24)19(21-16)25-3/h4-11H,1-3H3. The minimum atomic E-state index is -0.362. The van der Waals surface area contributed by atoms with E-state index in [2.05, 4.69) is 18.8 Å². The van der Waals surface area contributed by atoms with Crippen molar-refractivity contribution in [1.82, 2.24) is 4.98 Å². The van der Waals surface area contributed by atoms with Crippen molar-refractivity contribution in [2.24, 2.45) is 0 Å². The van der Waals surface area contributed by atoms with E-state index < -0.39 is 0 Å². The van der Waals surface area contributed by atoms with Crippen molar-refractivity contribution in [3.8, 4) is 11.1 Å². The summed E-state index contributed by atoms with van der Waals surface area (Å²) in [5, 5.41) is 13.5. The molecule has 0 aliphatic carbocycles. The molecule has 6 heteroatoms. The van der Waals surface area contributed by atoms with E-state index >= 15 is 0 Å². The first-order chi connectivity index (χ1) is 11.9. The molecule has 0 saturated heterocycles. The van der Waals surface area contributed by atoms with Gasteiger partial charge in [0.1, 0.15) is 0 Å². The van der Waals surface area contributed by atoms with E-state index in [0.717, 1.165) is 16.5 Å². The molecule has 0 aliphatic rings. The van der Waals surface area contributed by atoms with Gasteiger partial charge < -0.3 is 0 Å². The number of nitrogens with zero attached hydrogens (tertiary/aromatic N) is 2.